The molecule has 0 N–H and O–H groups in total. The van der Waals surface area contributed by atoms with Crippen molar-refractivity contribution >= 4 is 127 Å². The highest BCUT2D eigenvalue weighted by Gasteiger charge is 2.47. The van der Waals surface area contributed by atoms with Crippen LogP contribution < -0.4 is 20.6 Å². The average molecular weight is 1050 g/mol. The van der Waals surface area contributed by atoms with Gasteiger partial charge in [0.05, 0.1) is 22.4 Å². The first kappa shape index (κ1) is 47.9. The molecule has 3 aromatic heterocycles. The second-order valence-corrected chi connectivity index (χ2v) is 27.9. The topological polar surface area (TPSA) is 24.6 Å². The third kappa shape index (κ3) is 6.57. The van der Waals surface area contributed by atoms with Crippen LogP contribution in [0.25, 0.3) is 92.0 Å². The van der Waals surface area contributed by atoms with Gasteiger partial charge in [-0.2, -0.15) is 0 Å². The minimum Gasteiger partial charge on any atom is -0.456 e. The standard InChI is InChI=1S/C74H64BN3OS/c1-42-34-58(43-20-14-12-15-21-43)76(46-22-16-13-17-23-46)59-41-61-56(37-49(42)59)75-68-67(70-66(48-24-18-19-25-64(48)80-70)65-52-35-45(72(5,6)7)28-31-57(52)77(61)69(65)68)53-39-62-51(38-60(53)78(75)47-29-26-44(27-30-47)71(2,3)4)50-36-54-55(40-63(50)79-62)74(10,11)33-32-73(54,8)9/h12-31,34-41H,1,32-33H2,2-11H3. The van der Waals surface area contributed by atoms with E-state index < -0.39 is 0 Å². The number of nitrogens with zero attached hydrogens (tertiary/aromatic N) is 3. The lowest BCUT2D eigenvalue weighted by Gasteiger charge is -2.43. The lowest BCUT2D eigenvalue weighted by atomic mass is 9.43. The minimum atomic E-state index is -0.227. The first-order valence-corrected chi connectivity index (χ1v) is 29.6. The number of aromatic nitrogens is 1. The van der Waals surface area contributed by atoms with Gasteiger partial charge >= 0.3 is 6.85 Å². The quantitative estimate of drug-likeness (QED) is 0.165. The molecule has 0 fully saturated rings. The van der Waals surface area contributed by atoms with Crippen LogP contribution in [0.1, 0.15) is 115 Å². The number of benzene rings is 9. The Morgan fingerprint density at radius 2 is 1.21 bits per heavy atom. The molecular formula is C74H64BN3OS. The zero-order valence-electron chi connectivity index (χ0n) is 47.5. The predicted octanol–water partition coefficient (Wildman–Crippen LogP) is 19.4. The Morgan fingerprint density at radius 3 is 1.94 bits per heavy atom. The maximum Gasteiger partial charge on any atom is 0.333 e. The van der Waals surface area contributed by atoms with Crippen LogP contribution in [0, 0.1) is 0 Å². The molecule has 0 spiro atoms. The van der Waals surface area contributed by atoms with E-state index in [1.165, 1.54) is 103 Å². The molecule has 9 aromatic carbocycles. The second-order valence-electron chi connectivity index (χ2n) is 26.9. The van der Waals surface area contributed by atoms with E-state index in [0.717, 1.165) is 68.9 Å². The number of para-hydroxylation sites is 1. The van der Waals surface area contributed by atoms with Crippen LogP contribution in [0.15, 0.2) is 181 Å². The van der Waals surface area contributed by atoms with Gasteiger partial charge < -0.3 is 18.7 Å². The Hall–Kier alpha value is -8.06. The van der Waals surface area contributed by atoms with Crippen molar-refractivity contribution < 1.29 is 4.42 Å². The number of furan rings is 1. The van der Waals surface area contributed by atoms with Gasteiger partial charge in [-0.1, -0.05) is 167 Å². The highest BCUT2D eigenvalue weighted by molar-refractivity contribution is 7.27. The zero-order valence-corrected chi connectivity index (χ0v) is 48.3. The Morgan fingerprint density at radius 1 is 0.562 bits per heavy atom. The number of anilines is 4. The van der Waals surface area contributed by atoms with E-state index in [4.69, 9.17) is 11.0 Å². The monoisotopic (exact) mass is 1050 g/mol. The number of hydrogen-bond acceptors (Lipinski definition) is 4. The highest BCUT2D eigenvalue weighted by Crippen LogP contribution is 2.56. The fourth-order valence-electron chi connectivity index (χ4n) is 14.6. The van der Waals surface area contributed by atoms with Gasteiger partial charge in [0.2, 0.25) is 0 Å². The molecule has 4 nitrogen and oxygen atoms in total. The van der Waals surface area contributed by atoms with Crippen molar-refractivity contribution in [2.24, 2.45) is 0 Å². The van der Waals surface area contributed by atoms with Crippen molar-refractivity contribution in [3.05, 3.63) is 210 Å². The van der Waals surface area contributed by atoms with E-state index in [9.17, 15) is 0 Å². The summed E-state index contributed by atoms with van der Waals surface area (Å²) < 4.78 is 12.5. The first-order chi connectivity index (χ1) is 38.3. The smallest absolute Gasteiger partial charge is 0.333 e. The molecule has 16 rings (SSSR count). The van der Waals surface area contributed by atoms with Crippen LogP contribution in [-0.2, 0) is 21.7 Å². The molecule has 0 atom stereocenters. The van der Waals surface area contributed by atoms with Gasteiger partial charge in [-0.15, -0.1) is 11.3 Å². The van der Waals surface area contributed by atoms with Crippen LogP contribution in [-0.4, -0.2) is 11.4 Å². The van der Waals surface area contributed by atoms with Gasteiger partial charge in [0, 0.05) is 81.2 Å². The van der Waals surface area contributed by atoms with E-state index in [2.05, 4.69) is 253 Å². The van der Waals surface area contributed by atoms with Crippen molar-refractivity contribution in [3.63, 3.8) is 0 Å². The van der Waals surface area contributed by atoms with Crippen molar-refractivity contribution in [1.82, 2.24) is 4.57 Å². The zero-order chi connectivity index (χ0) is 54.7. The first-order valence-electron chi connectivity index (χ1n) is 28.8. The fraction of sp³-hybridized carbons (Fsp3) is 0.216. The predicted molar refractivity (Wildman–Crippen MR) is 345 cm³/mol. The number of allylic oxidation sites excluding steroid dienone is 2. The summed E-state index contributed by atoms with van der Waals surface area (Å²) in [6, 6.07) is 62.6. The van der Waals surface area contributed by atoms with Gasteiger partial charge in [-0.25, -0.2) is 0 Å². The second kappa shape index (κ2) is 16.1. The molecule has 0 saturated carbocycles. The lowest BCUT2D eigenvalue weighted by Crippen LogP contribution is -2.60. The van der Waals surface area contributed by atoms with E-state index in [1.807, 2.05) is 11.3 Å². The molecule has 3 aliphatic heterocycles. The number of hydrogen-bond donors (Lipinski definition) is 0. The van der Waals surface area contributed by atoms with Crippen LogP contribution in [0.2, 0.25) is 0 Å². The van der Waals surface area contributed by atoms with Crippen molar-refractivity contribution in [1.29, 1.82) is 0 Å². The van der Waals surface area contributed by atoms with E-state index in [-0.39, 0.29) is 28.5 Å². The minimum absolute atomic E-state index is 0.0201. The fourth-order valence-corrected chi connectivity index (χ4v) is 15.8. The molecule has 12 aromatic rings. The normalized spacial score (nSPS) is 16.2. The summed E-state index contributed by atoms with van der Waals surface area (Å²) in [5.74, 6) is 0. The Balaban J connectivity index is 1.10. The highest BCUT2D eigenvalue weighted by atomic mass is 32.1. The van der Waals surface area contributed by atoms with Crippen LogP contribution in [0.4, 0.5) is 22.7 Å². The van der Waals surface area contributed by atoms with E-state index >= 15 is 0 Å². The molecule has 4 aliphatic rings. The largest absolute Gasteiger partial charge is 0.456 e. The summed E-state index contributed by atoms with van der Waals surface area (Å²) in [7, 11) is 0. The molecule has 0 radical (unpaired) electrons. The molecule has 6 heteroatoms. The Kier molecular flexibility index (Phi) is 9.62. The summed E-state index contributed by atoms with van der Waals surface area (Å²) in [5.41, 5.74) is 25.1. The Labute approximate surface area is 473 Å². The van der Waals surface area contributed by atoms with Gasteiger partial charge in [0.15, 0.2) is 0 Å². The molecule has 390 valence electrons. The molecule has 0 unspecified atom stereocenters. The van der Waals surface area contributed by atoms with Crippen LogP contribution in [0.3, 0.4) is 0 Å². The summed E-state index contributed by atoms with van der Waals surface area (Å²) in [6.45, 7) is 28.4. The van der Waals surface area contributed by atoms with Crippen molar-refractivity contribution in [2.75, 3.05) is 9.71 Å². The molecule has 80 heavy (non-hydrogen) atoms. The van der Waals surface area contributed by atoms with Crippen molar-refractivity contribution in [2.45, 2.75) is 104 Å². The molecule has 0 saturated heterocycles. The summed E-state index contributed by atoms with van der Waals surface area (Å²) in [5, 5.41) is 7.59. The third-order valence-corrected chi connectivity index (χ3v) is 20.2. The van der Waals surface area contributed by atoms with Gasteiger partial charge in [-0.05, 0) is 158 Å². The van der Waals surface area contributed by atoms with Crippen LogP contribution in [0.5, 0.6) is 0 Å². The summed E-state index contributed by atoms with van der Waals surface area (Å²) >= 11 is 1.95. The van der Waals surface area contributed by atoms with Gasteiger partial charge in [-0.3, -0.25) is 0 Å². The molecular weight excluding hydrogens is 990 g/mol. The van der Waals surface area contributed by atoms with Crippen molar-refractivity contribution in [3.8, 4) is 16.8 Å². The maximum atomic E-state index is 7.25. The number of fused-ring (bicyclic) bond motifs is 18. The molecule has 1 aliphatic carbocycles. The summed E-state index contributed by atoms with van der Waals surface area (Å²) in [4.78, 5) is 5.18. The molecule has 0 amide bonds. The van der Waals surface area contributed by atoms with Crippen LogP contribution >= 0.6 is 11.3 Å². The number of rotatable bonds is 3. The van der Waals surface area contributed by atoms with Gasteiger partial charge in [0.25, 0.3) is 0 Å². The average Bonchev–Trinajstić information content (AvgIpc) is 1.83. The maximum absolute atomic E-state index is 7.25. The summed E-state index contributed by atoms with van der Waals surface area (Å²) in [6.07, 6.45) is 4.60. The third-order valence-electron chi connectivity index (χ3n) is 19.0. The Bertz CT molecular complexity index is 4740. The lowest BCUT2D eigenvalue weighted by molar-refractivity contribution is 0.332. The van der Waals surface area contributed by atoms with E-state index in [1.54, 1.807) is 0 Å². The molecule has 6 heterocycles. The molecule has 0 bridgehead atoms. The SMILES string of the molecule is C=C1C=C(c2ccccc2)N(c2ccccc2)c2cc3c(cc21)B1c2c(c4sc5ccccc5c4c4c5cc(C(C)(C)C)ccc5n-3c24)-c2cc3oc4cc5c(cc4c3cc2N1c1ccc(C(C)(C)C)cc1)C(C)(C)CCC5(C)C. The number of thiophene rings is 1. The van der Waals surface area contributed by atoms with E-state index in [0.29, 0.717) is 0 Å². The van der Waals surface area contributed by atoms with Gasteiger partial charge in [0.1, 0.15) is 11.2 Å².